The molecular weight excluding hydrogens is 198 g/mol. The summed E-state index contributed by atoms with van der Waals surface area (Å²) in [5.41, 5.74) is 5.44. The summed E-state index contributed by atoms with van der Waals surface area (Å²) < 4.78 is 5.18. The molecule has 0 saturated heterocycles. The van der Waals surface area contributed by atoms with Gasteiger partial charge in [0, 0.05) is 19.0 Å². The molecule has 0 spiro atoms. The minimum atomic E-state index is 0.433. The molecule has 2 nitrogen and oxygen atoms in total. The maximum absolute atomic E-state index is 5.18. The van der Waals surface area contributed by atoms with E-state index in [1.807, 2.05) is 6.26 Å². The number of rotatable bonds is 1. The molecule has 1 N–H and O–H groups in total. The van der Waals surface area contributed by atoms with E-state index in [-0.39, 0.29) is 0 Å². The first kappa shape index (κ1) is 9.67. The summed E-state index contributed by atoms with van der Waals surface area (Å²) in [5, 5.41) is 3.46. The Hall–Kier alpha value is -1.54. The minimum absolute atomic E-state index is 0.433. The Balaban J connectivity index is 2.06. The highest BCUT2D eigenvalue weighted by Crippen LogP contribution is 2.30. The van der Waals surface area contributed by atoms with Crippen molar-refractivity contribution in [1.29, 1.82) is 0 Å². The lowest BCUT2D eigenvalue weighted by Gasteiger charge is -2.26. The predicted molar refractivity (Wildman–Crippen MR) is 63.4 cm³/mol. The Morgan fingerprint density at radius 1 is 1.31 bits per heavy atom. The lowest BCUT2D eigenvalue weighted by Crippen LogP contribution is -2.28. The van der Waals surface area contributed by atoms with Gasteiger partial charge < -0.3 is 9.73 Å². The summed E-state index contributed by atoms with van der Waals surface area (Å²) in [5.74, 6) is 0.433. The molecule has 0 amide bonds. The number of fused-ring (bicyclic) bond motifs is 1. The second kappa shape index (κ2) is 3.80. The molecule has 16 heavy (non-hydrogen) atoms. The molecule has 0 bridgehead atoms. The van der Waals surface area contributed by atoms with E-state index in [4.69, 9.17) is 4.42 Å². The molecule has 0 radical (unpaired) electrons. The van der Waals surface area contributed by atoms with Gasteiger partial charge in [-0.1, -0.05) is 23.8 Å². The van der Waals surface area contributed by atoms with Crippen molar-refractivity contribution in [3.63, 3.8) is 0 Å². The van der Waals surface area contributed by atoms with Crippen LogP contribution in [0, 0.1) is 6.92 Å². The fourth-order valence-corrected chi connectivity index (χ4v) is 2.46. The van der Waals surface area contributed by atoms with Crippen molar-refractivity contribution >= 4 is 0 Å². The second-order valence-electron chi connectivity index (χ2n) is 4.44. The average molecular weight is 213 g/mol. The van der Waals surface area contributed by atoms with Crippen LogP contribution in [-0.2, 0) is 6.54 Å². The van der Waals surface area contributed by atoms with Crippen LogP contribution < -0.4 is 5.32 Å². The quantitative estimate of drug-likeness (QED) is 0.788. The maximum atomic E-state index is 5.18. The topological polar surface area (TPSA) is 25.2 Å². The van der Waals surface area contributed by atoms with Crippen LogP contribution in [0.4, 0.5) is 0 Å². The fraction of sp³-hybridized carbons (Fsp3) is 0.286. The monoisotopic (exact) mass is 213 g/mol. The van der Waals surface area contributed by atoms with Crippen LogP contribution >= 0.6 is 0 Å². The summed E-state index contributed by atoms with van der Waals surface area (Å²) in [6.45, 7) is 4.11. The molecule has 2 heteroatoms. The normalized spacial score (nSPS) is 19.4. The molecule has 1 aliphatic rings. The molecule has 0 fully saturated rings. The van der Waals surface area contributed by atoms with Crippen LogP contribution in [0.1, 0.15) is 28.2 Å². The van der Waals surface area contributed by atoms with E-state index in [0.29, 0.717) is 5.92 Å². The van der Waals surface area contributed by atoms with Gasteiger partial charge in [-0.25, -0.2) is 0 Å². The van der Waals surface area contributed by atoms with E-state index >= 15 is 0 Å². The van der Waals surface area contributed by atoms with E-state index in [0.717, 1.165) is 13.1 Å². The van der Waals surface area contributed by atoms with E-state index < -0.39 is 0 Å². The van der Waals surface area contributed by atoms with E-state index in [9.17, 15) is 0 Å². The predicted octanol–water partition coefficient (Wildman–Crippen LogP) is 2.82. The summed E-state index contributed by atoms with van der Waals surface area (Å²) in [6, 6.07) is 8.77. The Morgan fingerprint density at radius 2 is 2.25 bits per heavy atom. The van der Waals surface area contributed by atoms with Crippen molar-refractivity contribution in [1.82, 2.24) is 5.32 Å². The highest BCUT2D eigenvalue weighted by molar-refractivity contribution is 5.41. The summed E-state index contributed by atoms with van der Waals surface area (Å²) in [6.07, 6.45) is 3.60. The molecule has 1 unspecified atom stereocenters. The van der Waals surface area contributed by atoms with Gasteiger partial charge in [-0.05, 0) is 29.7 Å². The van der Waals surface area contributed by atoms with Gasteiger partial charge in [0.15, 0.2) is 0 Å². The first-order valence-electron chi connectivity index (χ1n) is 5.67. The zero-order chi connectivity index (χ0) is 11.0. The van der Waals surface area contributed by atoms with Gasteiger partial charge in [0.05, 0.1) is 12.5 Å². The number of aryl methyl sites for hydroxylation is 1. The molecule has 1 aromatic carbocycles. The Labute approximate surface area is 95.3 Å². The molecule has 2 heterocycles. The summed E-state index contributed by atoms with van der Waals surface area (Å²) in [4.78, 5) is 0. The second-order valence-corrected chi connectivity index (χ2v) is 4.44. The number of hydrogen-bond donors (Lipinski definition) is 1. The van der Waals surface area contributed by atoms with Crippen molar-refractivity contribution in [2.45, 2.75) is 19.4 Å². The first-order valence-corrected chi connectivity index (χ1v) is 5.67. The van der Waals surface area contributed by atoms with Crippen molar-refractivity contribution in [3.05, 3.63) is 59.0 Å². The van der Waals surface area contributed by atoms with Crippen LogP contribution in [0.15, 0.2) is 41.2 Å². The molecule has 0 aliphatic carbocycles. The lowest BCUT2D eigenvalue weighted by atomic mass is 9.86. The Bertz CT molecular complexity index is 487. The van der Waals surface area contributed by atoms with Gasteiger partial charge in [0.1, 0.15) is 0 Å². The maximum Gasteiger partial charge on any atom is 0.0941 e. The van der Waals surface area contributed by atoms with Gasteiger partial charge in [-0.15, -0.1) is 0 Å². The average Bonchev–Trinajstić information content (AvgIpc) is 2.81. The van der Waals surface area contributed by atoms with Gasteiger partial charge >= 0.3 is 0 Å². The van der Waals surface area contributed by atoms with Gasteiger partial charge in [0.25, 0.3) is 0 Å². The third-order valence-corrected chi connectivity index (χ3v) is 3.28. The van der Waals surface area contributed by atoms with Crippen LogP contribution in [0.5, 0.6) is 0 Å². The molecule has 2 aromatic rings. The zero-order valence-corrected chi connectivity index (χ0v) is 9.36. The Kier molecular flexibility index (Phi) is 2.29. The summed E-state index contributed by atoms with van der Waals surface area (Å²) >= 11 is 0. The minimum Gasteiger partial charge on any atom is -0.472 e. The smallest absolute Gasteiger partial charge is 0.0941 e. The SMILES string of the molecule is Cc1ccc2c(c1)CNCC2c1ccoc1. The number of furan rings is 1. The Morgan fingerprint density at radius 3 is 3.06 bits per heavy atom. The fourth-order valence-electron chi connectivity index (χ4n) is 2.46. The third kappa shape index (κ3) is 1.55. The van der Waals surface area contributed by atoms with E-state index in [1.165, 1.54) is 22.3 Å². The molecule has 1 atom stereocenters. The number of nitrogens with one attached hydrogen (secondary N) is 1. The zero-order valence-electron chi connectivity index (χ0n) is 9.36. The van der Waals surface area contributed by atoms with Gasteiger partial charge in [-0.2, -0.15) is 0 Å². The van der Waals surface area contributed by atoms with E-state index in [1.54, 1.807) is 6.26 Å². The molecule has 3 rings (SSSR count). The highest BCUT2D eigenvalue weighted by atomic mass is 16.3. The van der Waals surface area contributed by atoms with E-state index in [2.05, 4.69) is 36.5 Å². The largest absolute Gasteiger partial charge is 0.472 e. The lowest BCUT2D eigenvalue weighted by molar-refractivity contribution is 0.550. The first-order chi connectivity index (χ1) is 7.84. The van der Waals surface area contributed by atoms with Gasteiger partial charge in [0.2, 0.25) is 0 Å². The molecule has 0 saturated carbocycles. The molecular formula is C14H15NO. The number of benzene rings is 1. The summed E-state index contributed by atoms with van der Waals surface area (Å²) in [7, 11) is 0. The van der Waals surface area contributed by atoms with Crippen LogP contribution in [-0.4, -0.2) is 6.54 Å². The van der Waals surface area contributed by atoms with Crippen molar-refractivity contribution in [3.8, 4) is 0 Å². The van der Waals surface area contributed by atoms with Gasteiger partial charge in [-0.3, -0.25) is 0 Å². The van der Waals surface area contributed by atoms with Crippen LogP contribution in [0.25, 0.3) is 0 Å². The van der Waals surface area contributed by atoms with Crippen molar-refractivity contribution in [2.75, 3.05) is 6.54 Å². The van der Waals surface area contributed by atoms with Crippen molar-refractivity contribution < 1.29 is 4.42 Å². The van der Waals surface area contributed by atoms with Crippen molar-refractivity contribution in [2.24, 2.45) is 0 Å². The standard InChI is InChI=1S/C14H15NO/c1-10-2-3-13-12(6-10)7-15-8-14(13)11-4-5-16-9-11/h2-6,9,14-15H,7-8H2,1H3. The third-order valence-electron chi connectivity index (χ3n) is 3.28. The number of hydrogen-bond acceptors (Lipinski definition) is 2. The van der Waals surface area contributed by atoms with Crippen LogP contribution in [0.3, 0.4) is 0 Å². The molecule has 82 valence electrons. The highest BCUT2D eigenvalue weighted by Gasteiger charge is 2.21. The molecule has 1 aliphatic heterocycles. The van der Waals surface area contributed by atoms with Crippen LogP contribution in [0.2, 0.25) is 0 Å². The molecule has 1 aromatic heterocycles.